The molecule has 116 valence electrons. The molecule has 0 radical (unpaired) electrons. The molecule has 1 aromatic rings. The predicted octanol–water partition coefficient (Wildman–Crippen LogP) is 3.68. The van der Waals surface area contributed by atoms with E-state index in [1.54, 1.807) is 12.1 Å². The molecule has 0 aromatic heterocycles. The fraction of sp³-hybridized carbons (Fsp3) is 0.588. The van der Waals surface area contributed by atoms with E-state index in [-0.39, 0.29) is 12.2 Å². The highest BCUT2D eigenvalue weighted by Crippen LogP contribution is 2.29. The van der Waals surface area contributed by atoms with Crippen molar-refractivity contribution in [3.63, 3.8) is 0 Å². The minimum Gasteiger partial charge on any atom is -0.481 e. The van der Waals surface area contributed by atoms with Crippen molar-refractivity contribution in [1.82, 2.24) is 4.90 Å². The first-order valence-electron chi connectivity index (χ1n) is 7.77. The maximum Gasteiger partial charge on any atom is 0.304 e. The monoisotopic (exact) mass is 293 g/mol. The van der Waals surface area contributed by atoms with Crippen LogP contribution in [-0.2, 0) is 11.3 Å². The molecule has 1 aromatic carbocycles. The van der Waals surface area contributed by atoms with Gasteiger partial charge in [0, 0.05) is 24.7 Å². The minimum absolute atomic E-state index is 0.109. The van der Waals surface area contributed by atoms with E-state index in [2.05, 4.69) is 11.8 Å². The zero-order valence-electron chi connectivity index (χ0n) is 12.6. The van der Waals surface area contributed by atoms with Gasteiger partial charge in [0.25, 0.3) is 0 Å². The molecular formula is C17H24FNO2. The second kappa shape index (κ2) is 7.55. The highest BCUT2D eigenvalue weighted by atomic mass is 19.1. The van der Waals surface area contributed by atoms with E-state index >= 15 is 0 Å². The Morgan fingerprint density at radius 3 is 2.71 bits per heavy atom. The van der Waals surface area contributed by atoms with Crippen molar-refractivity contribution in [3.05, 3.63) is 35.6 Å². The van der Waals surface area contributed by atoms with Crippen LogP contribution in [0.2, 0.25) is 0 Å². The van der Waals surface area contributed by atoms with Crippen LogP contribution in [0.3, 0.4) is 0 Å². The van der Waals surface area contributed by atoms with Crippen LogP contribution >= 0.6 is 0 Å². The number of carbonyl (C=O) groups is 1. The van der Waals surface area contributed by atoms with Crippen LogP contribution in [0.4, 0.5) is 4.39 Å². The first kappa shape index (κ1) is 16.0. The predicted molar refractivity (Wildman–Crippen MR) is 80.5 cm³/mol. The van der Waals surface area contributed by atoms with Crippen molar-refractivity contribution < 1.29 is 14.3 Å². The van der Waals surface area contributed by atoms with Crippen molar-refractivity contribution in [2.75, 3.05) is 6.54 Å². The van der Waals surface area contributed by atoms with Gasteiger partial charge in [0.15, 0.2) is 0 Å². The molecule has 0 bridgehead atoms. The molecule has 2 rings (SSSR count). The molecular weight excluding hydrogens is 269 g/mol. The standard InChI is InChI=1S/C17H24FNO2/c1-13-6-2-5-9-16(13)19(11-10-17(20)21)12-14-7-3-4-8-15(14)18/h3-4,7-8,13,16H,2,5-6,9-12H2,1H3,(H,20,21). The second-order valence-electron chi connectivity index (χ2n) is 6.03. The van der Waals surface area contributed by atoms with Gasteiger partial charge in [-0.05, 0) is 24.8 Å². The Morgan fingerprint density at radius 1 is 1.33 bits per heavy atom. The molecule has 0 aliphatic heterocycles. The van der Waals surface area contributed by atoms with Gasteiger partial charge in [-0.3, -0.25) is 9.69 Å². The molecule has 0 heterocycles. The molecule has 0 spiro atoms. The molecule has 3 nitrogen and oxygen atoms in total. The van der Waals surface area contributed by atoms with E-state index in [0.717, 1.165) is 6.42 Å². The number of benzene rings is 1. The maximum atomic E-state index is 13.9. The number of hydrogen-bond donors (Lipinski definition) is 1. The van der Waals surface area contributed by atoms with Crippen molar-refractivity contribution in [2.45, 2.75) is 51.6 Å². The summed E-state index contributed by atoms with van der Waals surface area (Å²) in [6, 6.07) is 7.13. The van der Waals surface area contributed by atoms with E-state index < -0.39 is 5.97 Å². The van der Waals surface area contributed by atoms with Crippen LogP contribution in [0.15, 0.2) is 24.3 Å². The lowest BCUT2D eigenvalue weighted by molar-refractivity contribution is -0.137. The maximum absolute atomic E-state index is 13.9. The summed E-state index contributed by atoms with van der Waals surface area (Å²) >= 11 is 0. The smallest absolute Gasteiger partial charge is 0.304 e. The number of halogens is 1. The minimum atomic E-state index is -0.794. The first-order chi connectivity index (χ1) is 10.1. The van der Waals surface area contributed by atoms with E-state index in [1.807, 2.05) is 6.07 Å². The molecule has 1 aliphatic carbocycles. The number of aliphatic carboxylic acids is 1. The van der Waals surface area contributed by atoms with Gasteiger partial charge in [0.2, 0.25) is 0 Å². The van der Waals surface area contributed by atoms with E-state index in [0.29, 0.717) is 30.6 Å². The SMILES string of the molecule is CC1CCCCC1N(CCC(=O)O)Cc1ccccc1F. The van der Waals surface area contributed by atoms with Crippen LogP contribution < -0.4 is 0 Å². The largest absolute Gasteiger partial charge is 0.481 e. The van der Waals surface area contributed by atoms with E-state index in [9.17, 15) is 9.18 Å². The zero-order chi connectivity index (χ0) is 15.2. The average molecular weight is 293 g/mol. The van der Waals surface area contributed by atoms with Crippen molar-refractivity contribution in [1.29, 1.82) is 0 Å². The van der Waals surface area contributed by atoms with Crippen LogP contribution in [0.25, 0.3) is 0 Å². The van der Waals surface area contributed by atoms with Crippen LogP contribution in [0, 0.1) is 11.7 Å². The van der Waals surface area contributed by atoms with Crippen LogP contribution in [0.5, 0.6) is 0 Å². The number of rotatable bonds is 6. The molecule has 2 atom stereocenters. The molecule has 21 heavy (non-hydrogen) atoms. The van der Waals surface area contributed by atoms with Crippen molar-refractivity contribution >= 4 is 5.97 Å². The molecule has 1 N–H and O–H groups in total. The summed E-state index contributed by atoms with van der Waals surface area (Å²) in [7, 11) is 0. The van der Waals surface area contributed by atoms with Gasteiger partial charge in [-0.2, -0.15) is 0 Å². The topological polar surface area (TPSA) is 40.5 Å². The Balaban J connectivity index is 2.11. The summed E-state index contributed by atoms with van der Waals surface area (Å²) in [6.07, 6.45) is 4.78. The highest BCUT2D eigenvalue weighted by molar-refractivity contribution is 5.66. The third kappa shape index (κ3) is 4.53. The Bertz CT molecular complexity index is 478. The summed E-state index contributed by atoms with van der Waals surface area (Å²) in [6.45, 7) is 3.20. The Labute approximate surface area is 125 Å². The Hall–Kier alpha value is -1.42. The number of carboxylic acids is 1. The van der Waals surface area contributed by atoms with Gasteiger partial charge >= 0.3 is 5.97 Å². The third-order valence-electron chi connectivity index (χ3n) is 4.48. The van der Waals surface area contributed by atoms with Gasteiger partial charge in [0.1, 0.15) is 5.82 Å². The van der Waals surface area contributed by atoms with Crippen molar-refractivity contribution in [3.8, 4) is 0 Å². The third-order valence-corrected chi connectivity index (χ3v) is 4.48. The highest BCUT2D eigenvalue weighted by Gasteiger charge is 2.27. The number of nitrogens with zero attached hydrogens (tertiary/aromatic N) is 1. The molecule has 1 saturated carbocycles. The number of hydrogen-bond acceptors (Lipinski definition) is 2. The summed E-state index contributed by atoms with van der Waals surface area (Å²) in [5.41, 5.74) is 0.653. The fourth-order valence-corrected chi connectivity index (χ4v) is 3.29. The number of carboxylic acid groups (broad SMARTS) is 1. The van der Waals surface area contributed by atoms with E-state index in [4.69, 9.17) is 5.11 Å². The Morgan fingerprint density at radius 2 is 2.05 bits per heavy atom. The summed E-state index contributed by atoms with van der Waals surface area (Å²) in [5, 5.41) is 8.95. The zero-order valence-corrected chi connectivity index (χ0v) is 12.6. The van der Waals surface area contributed by atoms with Gasteiger partial charge in [-0.1, -0.05) is 38.0 Å². The molecule has 1 fully saturated rings. The molecule has 2 unspecified atom stereocenters. The lowest BCUT2D eigenvalue weighted by Gasteiger charge is -2.38. The summed E-state index contributed by atoms with van der Waals surface area (Å²) < 4.78 is 13.9. The molecule has 0 amide bonds. The molecule has 0 saturated heterocycles. The van der Waals surface area contributed by atoms with Gasteiger partial charge in [-0.15, -0.1) is 0 Å². The normalized spacial score (nSPS) is 22.4. The summed E-state index contributed by atoms with van der Waals surface area (Å²) in [5.74, 6) is -0.461. The lowest BCUT2D eigenvalue weighted by atomic mass is 9.84. The summed E-state index contributed by atoms with van der Waals surface area (Å²) in [4.78, 5) is 13.0. The van der Waals surface area contributed by atoms with Crippen LogP contribution in [-0.4, -0.2) is 28.6 Å². The Kier molecular flexibility index (Phi) is 5.74. The van der Waals surface area contributed by atoms with Crippen LogP contribution in [0.1, 0.15) is 44.6 Å². The fourth-order valence-electron chi connectivity index (χ4n) is 3.29. The molecule has 1 aliphatic rings. The molecule has 4 heteroatoms. The second-order valence-corrected chi connectivity index (χ2v) is 6.03. The quantitative estimate of drug-likeness (QED) is 0.869. The van der Waals surface area contributed by atoms with E-state index in [1.165, 1.54) is 25.3 Å². The first-order valence-corrected chi connectivity index (χ1v) is 7.77. The lowest BCUT2D eigenvalue weighted by Crippen LogP contribution is -2.42. The van der Waals surface area contributed by atoms with Crippen molar-refractivity contribution in [2.24, 2.45) is 5.92 Å². The van der Waals surface area contributed by atoms with Gasteiger partial charge in [0.05, 0.1) is 6.42 Å². The van der Waals surface area contributed by atoms with Gasteiger partial charge in [-0.25, -0.2) is 4.39 Å². The van der Waals surface area contributed by atoms with Gasteiger partial charge < -0.3 is 5.11 Å². The average Bonchev–Trinajstić information content (AvgIpc) is 2.46.